The van der Waals surface area contributed by atoms with Crippen molar-refractivity contribution in [3.8, 4) is 17.2 Å². The second kappa shape index (κ2) is 10.1. The molecule has 0 bridgehead atoms. The first-order valence-corrected chi connectivity index (χ1v) is 9.43. The molecule has 1 amide bonds. The molecule has 30 heavy (non-hydrogen) atoms. The van der Waals surface area contributed by atoms with Gasteiger partial charge in [-0.2, -0.15) is 5.10 Å². The molecule has 3 rings (SSSR count). The number of nitrogens with one attached hydrogen (secondary N) is 1. The number of carbonyl (C=O) groups excluding carboxylic acids is 1. The van der Waals surface area contributed by atoms with E-state index in [0.29, 0.717) is 29.4 Å². The molecule has 0 aliphatic rings. The van der Waals surface area contributed by atoms with Crippen molar-refractivity contribution in [1.82, 2.24) is 5.43 Å². The molecular formula is C24H24N2O4. The van der Waals surface area contributed by atoms with Crippen LogP contribution in [0.1, 0.15) is 27.0 Å². The summed E-state index contributed by atoms with van der Waals surface area (Å²) in [5.74, 6) is 1.61. The van der Waals surface area contributed by atoms with Crippen LogP contribution in [-0.2, 0) is 6.61 Å². The number of benzene rings is 3. The number of ether oxygens (including phenoxy) is 3. The number of carbonyl (C=O) groups is 1. The Morgan fingerprint density at radius 2 is 1.67 bits per heavy atom. The highest BCUT2D eigenvalue weighted by molar-refractivity contribution is 5.95. The van der Waals surface area contributed by atoms with Gasteiger partial charge in [0.15, 0.2) is 11.5 Å². The highest BCUT2D eigenvalue weighted by Crippen LogP contribution is 2.28. The second-order valence-electron chi connectivity index (χ2n) is 6.61. The maximum Gasteiger partial charge on any atom is 0.271 e. The molecule has 1 N–H and O–H groups in total. The summed E-state index contributed by atoms with van der Waals surface area (Å²) in [6.07, 6.45) is 1.55. The Kier molecular flexibility index (Phi) is 7.05. The molecule has 0 atom stereocenters. The summed E-state index contributed by atoms with van der Waals surface area (Å²) in [4.78, 5) is 12.1. The molecule has 6 nitrogen and oxygen atoms in total. The molecule has 0 spiro atoms. The number of hydrogen-bond acceptors (Lipinski definition) is 5. The van der Waals surface area contributed by atoms with Crippen LogP contribution in [0.2, 0.25) is 0 Å². The van der Waals surface area contributed by atoms with Gasteiger partial charge in [0.1, 0.15) is 12.4 Å². The van der Waals surface area contributed by atoms with Crippen molar-refractivity contribution in [3.05, 3.63) is 89.0 Å². The lowest BCUT2D eigenvalue weighted by Gasteiger charge is -2.11. The standard InChI is InChI=1S/C24H24N2O4/c1-17-4-6-18(7-5-17)16-30-22-13-8-19(14-23(22)29-3)15-25-26-24(27)20-9-11-21(28-2)12-10-20/h4-15H,16H2,1-3H3,(H,26,27)/b25-15-. The van der Waals surface area contributed by atoms with Crippen LogP contribution in [0.4, 0.5) is 0 Å². The van der Waals surface area contributed by atoms with Gasteiger partial charge in [0.05, 0.1) is 20.4 Å². The fraction of sp³-hybridized carbons (Fsp3) is 0.167. The van der Waals surface area contributed by atoms with E-state index in [1.54, 1.807) is 50.8 Å². The number of nitrogens with zero attached hydrogens (tertiary/aromatic N) is 1. The van der Waals surface area contributed by atoms with Gasteiger partial charge in [0, 0.05) is 5.56 Å². The molecule has 0 fully saturated rings. The maximum atomic E-state index is 12.1. The van der Waals surface area contributed by atoms with Crippen molar-refractivity contribution >= 4 is 12.1 Å². The molecule has 0 aromatic heterocycles. The molecule has 0 heterocycles. The number of amides is 1. The fourth-order valence-electron chi connectivity index (χ4n) is 2.70. The summed E-state index contributed by atoms with van der Waals surface area (Å²) >= 11 is 0. The van der Waals surface area contributed by atoms with Crippen LogP contribution < -0.4 is 19.6 Å². The molecule has 6 heteroatoms. The Labute approximate surface area is 176 Å². The third-order valence-electron chi connectivity index (χ3n) is 4.43. The zero-order chi connectivity index (χ0) is 21.3. The first kappa shape index (κ1) is 20.9. The quantitative estimate of drug-likeness (QED) is 0.448. The summed E-state index contributed by atoms with van der Waals surface area (Å²) in [6.45, 7) is 2.50. The molecule has 0 unspecified atom stereocenters. The highest BCUT2D eigenvalue weighted by Gasteiger charge is 2.07. The van der Waals surface area contributed by atoms with E-state index in [0.717, 1.165) is 11.1 Å². The first-order valence-electron chi connectivity index (χ1n) is 9.43. The van der Waals surface area contributed by atoms with E-state index in [9.17, 15) is 4.79 Å². The zero-order valence-electron chi connectivity index (χ0n) is 17.2. The van der Waals surface area contributed by atoms with Crippen molar-refractivity contribution in [1.29, 1.82) is 0 Å². The van der Waals surface area contributed by atoms with Crippen LogP contribution in [0, 0.1) is 6.92 Å². The summed E-state index contributed by atoms with van der Waals surface area (Å²) in [5, 5.41) is 4.02. The third-order valence-corrected chi connectivity index (χ3v) is 4.43. The minimum Gasteiger partial charge on any atom is -0.497 e. The molecular weight excluding hydrogens is 380 g/mol. The Morgan fingerprint density at radius 1 is 0.933 bits per heavy atom. The number of aryl methyl sites for hydroxylation is 1. The van der Waals surface area contributed by atoms with Crippen molar-refractivity contribution in [2.24, 2.45) is 5.10 Å². The fourth-order valence-corrected chi connectivity index (χ4v) is 2.70. The van der Waals surface area contributed by atoms with E-state index in [-0.39, 0.29) is 5.91 Å². The van der Waals surface area contributed by atoms with Gasteiger partial charge in [0.2, 0.25) is 0 Å². The molecule has 0 aliphatic heterocycles. The van der Waals surface area contributed by atoms with Crippen LogP contribution in [0.3, 0.4) is 0 Å². The summed E-state index contributed by atoms with van der Waals surface area (Å²) < 4.78 is 16.4. The van der Waals surface area contributed by atoms with E-state index in [1.807, 2.05) is 31.2 Å². The van der Waals surface area contributed by atoms with Gasteiger partial charge in [-0.15, -0.1) is 0 Å². The molecule has 3 aromatic rings. The van der Waals surface area contributed by atoms with E-state index < -0.39 is 0 Å². The van der Waals surface area contributed by atoms with E-state index in [1.165, 1.54) is 5.56 Å². The van der Waals surface area contributed by atoms with Crippen LogP contribution in [0.5, 0.6) is 17.2 Å². The van der Waals surface area contributed by atoms with Crippen molar-refractivity contribution in [3.63, 3.8) is 0 Å². The average molecular weight is 404 g/mol. The lowest BCUT2D eigenvalue weighted by atomic mass is 10.2. The largest absolute Gasteiger partial charge is 0.497 e. The topological polar surface area (TPSA) is 69.2 Å². The predicted molar refractivity (Wildman–Crippen MR) is 117 cm³/mol. The summed E-state index contributed by atoms with van der Waals surface area (Å²) in [6, 6.07) is 20.4. The third kappa shape index (κ3) is 5.61. The van der Waals surface area contributed by atoms with Crippen LogP contribution in [0.15, 0.2) is 71.8 Å². The average Bonchev–Trinajstić information content (AvgIpc) is 2.79. The molecule has 154 valence electrons. The molecule has 0 aliphatic carbocycles. The highest BCUT2D eigenvalue weighted by atomic mass is 16.5. The van der Waals surface area contributed by atoms with Crippen molar-refractivity contribution in [2.75, 3.05) is 14.2 Å². The van der Waals surface area contributed by atoms with Crippen LogP contribution in [0.25, 0.3) is 0 Å². The van der Waals surface area contributed by atoms with E-state index >= 15 is 0 Å². The van der Waals surface area contributed by atoms with Crippen molar-refractivity contribution < 1.29 is 19.0 Å². The SMILES string of the molecule is COc1ccc(C(=O)N/N=C\c2ccc(OCc3ccc(C)cc3)c(OC)c2)cc1. The van der Waals surface area contributed by atoms with Gasteiger partial charge in [-0.05, 0) is 60.5 Å². The van der Waals surface area contributed by atoms with Gasteiger partial charge in [-0.1, -0.05) is 29.8 Å². The van der Waals surface area contributed by atoms with Crippen molar-refractivity contribution in [2.45, 2.75) is 13.5 Å². The van der Waals surface area contributed by atoms with E-state index in [2.05, 4.69) is 22.7 Å². The Hall–Kier alpha value is -3.80. The smallest absolute Gasteiger partial charge is 0.271 e. The Balaban J connectivity index is 1.60. The summed E-state index contributed by atoms with van der Waals surface area (Å²) in [7, 11) is 3.16. The maximum absolute atomic E-state index is 12.1. The Bertz CT molecular complexity index is 1010. The van der Waals surface area contributed by atoms with Gasteiger partial charge in [0.25, 0.3) is 5.91 Å². The van der Waals surface area contributed by atoms with Gasteiger partial charge in [-0.25, -0.2) is 5.43 Å². The Morgan fingerprint density at radius 3 is 2.33 bits per heavy atom. The monoisotopic (exact) mass is 404 g/mol. The predicted octanol–water partition coefficient (Wildman–Crippen LogP) is 4.36. The summed E-state index contributed by atoms with van der Waals surface area (Å²) in [5.41, 5.74) is 6.05. The van der Waals surface area contributed by atoms with Gasteiger partial charge < -0.3 is 14.2 Å². The number of hydrazone groups is 1. The second-order valence-corrected chi connectivity index (χ2v) is 6.61. The van der Waals surface area contributed by atoms with Gasteiger partial charge in [-0.3, -0.25) is 4.79 Å². The minimum atomic E-state index is -0.307. The zero-order valence-corrected chi connectivity index (χ0v) is 17.2. The first-order chi connectivity index (χ1) is 14.6. The number of hydrogen-bond donors (Lipinski definition) is 1. The molecule has 0 saturated heterocycles. The van der Waals surface area contributed by atoms with E-state index in [4.69, 9.17) is 14.2 Å². The van der Waals surface area contributed by atoms with Crippen LogP contribution >= 0.6 is 0 Å². The number of methoxy groups -OCH3 is 2. The minimum absolute atomic E-state index is 0.307. The van der Waals surface area contributed by atoms with Gasteiger partial charge >= 0.3 is 0 Å². The molecule has 0 radical (unpaired) electrons. The molecule has 3 aromatic carbocycles. The van der Waals surface area contributed by atoms with Crippen LogP contribution in [-0.4, -0.2) is 26.3 Å². The molecule has 0 saturated carbocycles. The lowest BCUT2D eigenvalue weighted by Crippen LogP contribution is -2.17. The lowest BCUT2D eigenvalue weighted by molar-refractivity contribution is 0.0955. The number of rotatable bonds is 8. The normalized spacial score (nSPS) is 10.6.